The van der Waals surface area contributed by atoms with E-state index in [2.05, 4.69) is 0 Å². The van der Waals surface area contributed by atoms with Gasteiger partial charge in [0.2, 0.25) is 0 Å². The van der Waals surface area contributed by atoms with Crippen molar-refractivity contribution in [1.29, 1.82) is 0 Å². The number of alkyl halides is 1. The van der Waals surface area contributed by atoms with Crippen LogP contribution in [0, 0.1) is 10.1 Å². The molecule has 136 valence electrons. The summed E-state index contributed by atoms with van der Waals surface area (Å²) in [6.07, 6.45) is -0.540. The van der Waals surface area contributed by atoms with Crippen LogP contribution in [0.4, 0.5) is 19.3 Å². The van der Waals surface area contributed by atoms with E-state index in [4.69, 9.17) is 21.7 Å². The van der Waals surface area contributed by atoms with Gasteiger partial charge in [0, 0.05) is 12.1 Å². The summed E-state index contributed by atoms with van der Waals surface area (Å²) in [5, 5.41) is 10.6. The van der Waals surface area contributed by atoms with Gasteiger partial charge in [-0.05, 0) is 23.8 Å². The van der Waals surface area contributed by atoms with E-state index >= 15 is 0 Å². The molecule has 1 aromatic carbocycles. The molecule has 0 bridgehead atoms. The summed E-state index contributed by atoms with van der Waals surface area (Å²) < 4.78 is 37.5. The first-order chi connectivity index (χ1) is 12.4. The molecule has 0 N–H and O–H groups in total. The van der Waals surface area contributed by atoms with Gasteiger partial charge in [-0.1, -0.05) is 18.3 Å². The highest BCUT2D eigenvalue weighted by atomic mass is 32.1. The lowest BCUT2D eigenvalue weighted by Gasteiger charge is -2.26. The summed E-state index contributed by atoms with van der Waals surface area (Å²) in [4.78, 5) is 23.4. The van der Waals surface area contributed by atoms with Crippen molar-refractivity contribution >= 4 is 28.9 Å². The monoisotopic (exact) mass is 382 g/mol. The van der Waals surface area contributed by atoms with Crippen LogP contribution in [0.2, 0.25) is 0 Å². The average molecular weight is 382 g/mol. The summed E-state index contributed by atoms with van der Waals surface area (Å²) in [6, 6.07) is 4.24. The molecule has 2 aliphatic rings. The predicted molar refractivity (Wildman–Crippen MR) is 90.3 cm³/mol. The number of hydrogen-bond donors (Lipinski definition) is 0. The molecule has 1 aromatic rings. The number of ether oxygens (including phenoxy) is 2. The quantitative estimate of drug-likeness (QED) is 0.453. The average Bonchev–Trinajstić information content (AvgIpc) is 3.10. The van der Waals surface area contributed by atoms with Gasteiger partial charge in [-0.25, -0.2) is 13.6 Å². The predicted octanol–water partition coefficient (Wildman–Crippen LogP) is 3.25. The molecule has 0 saturated carbocycles. The Morgan fingerprint density at radius 1 is 1.35 bits per heavy atom. The molecule has 2 atom stereocenters. The number of thiocarbonyl (C=S) groups is 1. The van der Waals surface area contributed by atoms with Crippen LogP contribution in [-0.2, 0) is 4.74 Å². The molecule has 1 aliphatic carbocycles. The van der Waals surface area contributed by atoms with E-state index in [-0.39, 0.29) is 35.2 Å². The van der Waals surface area contributed by atoms with E-state index in [0.29, 0.717) is 0 Å². The second kappa shape index (κ2) is 7.26. The molecule has 10 heteroatoms. The van der Waals surface area contributed by atoms with Crippen LogP contribution in [0.25, 0.3) is 0 Å². The highest BCUT2D eigenvalue weighted by molar-refractivity contribution is 7.81. The molecule has 1 amide bonds. The van der Waals surface area contributed by atoms with Gasteiger partial charge in [0.1, 0.15) is 18.3 Å². The standard InChI is InChI=1S/C16H12F2N2O5S/c17-12-6-5-11(15(26)14(12)18)13-7-24-8-19(13)16(21)25-10-3-1-9(2-4-10)20(22)23/h1-6,13-14H,7-8H2. The Hall–Kier alpha value is -2.72. The van der Waals surface area contributed by atoms with Crippen molar-refractivity contribution in [2.75, 3.05) is 13.3 Å². The number of carbonyl (C=O) groups is 1. The van der Waals surface area contributed by atoms with E-state index < -0.39 is 29.1 Å². The van der Waals surface area contributed by atoms with E-state index in [1.165, 1.54) is 35.2 Å². The van der Waals surface area contributed by atoms with Gasteiger partial charge >= 0.3 is 6.09 Å². The summed E-state index contributed by atoms with van der Waals surface area (Å²) in [6.45, 7) is -0.0525. The zero-order valence-corrected chi connectivity index (χ0v) is 13.9. The number of nitro groups is 1. The molecule has 26 heavy (non-hydrogen) atoms. The van der Waals surface area contributed by atoms with Crippen molar-refractivity contribution < 1.29 is 28.0 Å². The molecular formula is C16H12F2N2O5S. The van der Waals surface area contributed by atoms with E-state index in [1.807, 2.05) is 0 Å². The van der Waals surface area contributed by atoms with Crippen LogP contribution in [0.1, 0.15) is 0 Å². The van der Waals surface area contributed by atoms with Crippen molar-refractivity contribution in [3.8, 4) is 5.75 Å². The minimum Gasteiger partial charge on any atom is -0.410 e. The number of non-ortho nitro benzene ring substituents is 1. The molecule has 1 heterocycles. The number of nitrogens with zero attached hydrogens (tertiary/aromatic N) is 2. The van der Waals surface area contributed by atoms with Crippen LogP contribution < -0.4 is 4.74 Å². The molecule has 0 radical (unpaired) electrons. The minimum atomic E-state index is -2.03. The summed E-state index contributed by atoms with van der Waals surface area (Å²) >= 11 is 4.95. The summed E-state index contributed by atoms with van der Waals surface area (Å²) in [5.74, 6) is -0.890. The van der Waals surface area contributed by atoms with Crippen molar-refractivity contribution in [2.45, 2.75) is 12.2 Å². The normalized spacial score (nSPS) is 22.7. The van der Waals surface area contributed by atoms with Crippen LogP contribution >= 0.6 is 12.2 Å². The Labute approximate surface area is 151 Å². The third-order valence-electron chi connectivity index (χ3n) is 3.91. The first-order valence-corrected chi connectivity index (χ1v) is 7.85. The van der Waals surface area contributed by atoms with Crippen molar-refractivity contribution in [2.24, 2.45) is 0 Å². The number of rotatable bonds is 3. The molecule has 2 unspecified atom stereocenters. The first kappa shape index (κ1) is 18.1. The maximum Gasteiger partial charge on any atom is 0.417 e. The number of benzene rings is 1. The number of amides is 1. The molecule has 1 fully saturated rings. The Balaban J connectivity index is 1.74. The fraction of sp³-hybridized carbons (Fsp3) is 0.250. The number of nitro benzene ring substituents is 1. The van der Waals surface area contributed by atoms with Gasteiger partial charge < -0.3 is 9.47 Å². The molecule has 0 aromatic heterocycles. The lowest BCUT2D eigenvalue weighted by Crippen LogP contribution is -2.42. The molecule has 1 aliphatic heterocycles. The van der Waals surface area contributed by atoms with Crippen LogP contribution in [0.3, 0.4) is 0 Å². The fourth-order valence-electron chi connectivity index (χ4n) is 2.56. The van der Waals surface area contributed by atoms with E-state index in [9.17, 15) is 23.7 Å². The van der Waals surface area contributed by atoms with Gasteiger partial charge in [-0.15, -0.1) is 0 Å². The first-order valence-electron chi connectivity index (χ1n) is 7.44. The number of hydrogen-bond acceptors (Lipinski definition) is 6. The van der Waals surface area contributed by atoms with Crippen LogP contribution in [-0.4, -0.2) is 46.3 Å². The largest absolute Gasteiger partial charge is 0.417 e. The molecule has 1 saturated heterocycles. The van der Waals surface area contributed by atoms with Crippen LogP contribution in [0.15, 0.2) is 47.8 Å². The second-order valence-corrected chi connectivity index (χ2v) is 5.94. The third-order valence-corrected chi connectivity index (χ3v) is 4.35. The highest BCUT2D eigenvalue weighted by Crippen LogP contribution is 2.28. The van der Waals surface area contributed by atoms with Crippen molar-refractivity contribution in [3.63, 3.8) is 0 Å². The van der Waals surface area contributed by atoms with Crippen molar-refractivity contribution in [3.05, 3.63) is 57.9 Å². The molecule has 0 spiro atoms. The Morgan fingerprint density at radius 3 is 2.69 bits per heavy atom. The van der Waals surface area contributed by atoms with Gasteiger partial charge in [-0.2, -0.15) is 0 Å². The Kier molecular flexibility index (Phi) is 5.05. The summed E-state index contributed by atoms with van der Waals surface area (Å²) in [7, 11) is 0. The molecule has 7 nitrogen and oxygen atoms in total. The number of carbonyl (C=O) groups excluding carboxylic acids is 1. The van der Waals surface area contributed by atoms with E-state index in [0.717, 1.165) is 6.08 Å². The third kappa shape index (κ3) is 3.46. The topological polar surface area (TPSA) is 81.9 Å². The number of halogens is 2. The summed E-state index contributed by atoms with van der Waals surface area (Å²) in [5.41, 5.74) is 0.125. The van der Waals surface area contributed by atoms with Gasteiger partial charge in [0.25, 0.3) is 5.69 Å². The van der Waals surface area contributed by atoms with Gasteiger partial charge in [-0.3, -0.25) is 15.0 Å². The van der Waals surface area contributed by atoms with Gasteiger partial charge in [0.15, 0.2) is 6.17 Å². The zero-order valence-electron chi connectivity index (χ0n) is 13.1. The number of allylic oxidation sites excluding steroid dienone is 3. The van der Waals surface area contributed by atoms with Crippen LogP contribution in [0.5, 0.6) is 5.75 Å². The Morgan fingerprint density at radius 2 is 2.04 bits per heavy atom. The smallest absolute Gasteiger partial charge is 0.410 e. The van der Waals surface area contributed by atoms with Crippen molar-refractivity contribution in [1.82, 2.24) is 4.90 Å². The molecular weight excluding hydrogens is 370 g/mol. The zero-order chi connectivity index (χ0) is 18.8. The second-order valence-electron chi connectivity index (χ2n) is 5.50. The maximum absolute atomic E-state index is 13.8. The maximum atomic E-state index is 13.8. The van der Waals surface area contributed by atoms with Gasteiger partial charge in [0.05, 0.1) is 22.4 Å². The minimum absolute atomic E-state index is 0.0590. The fourth-order valence-corrected chi connectivity index (χ4v) is 2.88. The lowest BCUT2D eigenvalue weighted by molar-refractivity contribution is -0.384. The molecule has 3 rings (SSSR count). The highest BCUT2D eigenvalue weighted by Gasteiger charge is 2.38. The lowest BCUT2D eigenvalue weighted by atomic mass is 9.96. The van der Waals surface area contributed by atoms with E-state index in [1.54, 1.807) is 0 Å². The SMILES string of the molecule is O=C(Oc1ccc([N+](=O)[O-])cc1)N1COCC1C1=CC=C(F)C(F)C1=S. The Bertz CT molecular complexity index is 824.